The maximum absolute atomic E-state index is 5.13. The molecule has 0 aliphatic heterocycles. The zero-order chi connectivity index (χ0) is 36.6. The van der Waals surface area contributed by atoms with Crippen LogP contribution in [-0.2, 0) is 5.41 Å². The van der Waals surface area contributed by atoms with Crippen molar-refractivity contribution >= 4 is 0 Å². The van der Waals surface area contributed by atoms with Crippen LogP contribution in [0.2, 0.25) is 0 Å². The second-order valence-corrected chi connectivity index (χ2v) is 14.0. The highest BCUT2D eigenvalue weighted by Gasteiger charge is 2.46. The fraction of sp³-hybridized carbons (Fsp3) is 0.0192. The molecule has 3 heteroatoms. The monoisotopic (exact) mass is 701 g/mol. The zero-order valence-electron chi connectivity index (χ0n) is 30.0. The number of rotatable bonds is 7. The average molecular weight is 702 g/mol. The van der Waals surface area contributed by atoms with Crippen molar-refractivity contribution in [1.29, 1.82) is 0 Å². The van der Waals surface area contributed by atoms with Gasteiger partial charge in [-0.05, 0) is 79.9 Å². The lowest BCUT2D eigenvalue weighted by molar-refractivity contribution is 0.769. The number of pyridine rings is 1. The summed E-state index contributed by atoms with van der Waals surface area (Å²) in [5, 5.41) is 0. The Morgan fingerprint density at radius 2 is 0.818 bits per heavy atom. The zero-order valence-corrected chi connectivity index (χ0v) is 30.0. The van der Waals surface area contributed by atoms with E-state index in [0.717, 1.165) is 39.2 Å². The lowest BCUT2D eigenvalue weighted by atomic mass is 9.67. The van der Waals surface area contributed by atoms with Gasteiger partial charge in [-0.3, -0.25) is 4.98 Å². The van der Waals surface area contributed by atoms with E-state index in [2.05, 4.69) is 187 Å². The molecule has 0 fully saturated rings. The van der Waals surface area contributed by atoms with Crippen LogP contribution in [-0.4, -0.2) is 15.0 Å². The van der Waals surface area contributed by atoms with Gasteiger partial charge in [0.25, 0.3) is 0 Å². The molecule has 10 rings (SSSR count). The molecule has 0 spiro atoms. The van der Waals surface area contributed by atoms with Gasteiger partial charge in [0.2, 0.25) is 0 Å². The lowest BCUT2D eigenvalue weighted by Gasteiger charge is -2.34. The fourth-order valence-electron chi connectivity index (χ4n) is 8.29. The first kappa shape index (κ1) is 32.4. The summed E-state index contributed by atoms with van der Waals surface area (Å²) in [6.45, 7) is 0. The molecule has 0 saturated heterocycles. The predicted octanol–water partition coefficient (Wildman–Crippen LogP) is 12.6. The Morgan fingerprint density at radius 1 is 0.327 bits per heavy atom. The molecule has 0 saturated carbocycles. The van der Waals surface area contributed by atoms with E-state index in [1.54, 1.807) is 6.20 Å². The van der Waals surface area contributed by atoms with Crippen molar-refractivity contribution in [1.82, 2.24) is 15.0 Å². The van der Waals surface area contributed by atoms with Crippen LogP contribution in [0.1, 0.15) is 22.3 Å². The van der Waals surface area contributed by atoms with Gasteiger partial charge in [0.15, 0.2) is 5.82 Å². The normalized spacial score (nSPS) is 12.5. The summed E-state index contributed by atoms with van der Waals surface area (Å²) in [5.41, 5.74) is 16.5. The molecule has 258 valence electrons. The van der Waals surface area contributed by atoms with E-state index < -0.39 is 5.41 Å². The van der Waals surface area contributed by atoms with Gasteiger partial charge >= 0.3 is 0 Å². The Kier molecular flexibility index (Phi) is 8.04. The van der Waals surface area contributed by atoms with Crippen LogP contribution < -0.4 is 0 Å². The molecule has 0 radical (unpaired) electrons. The molecular formula is C52H35N3. The Labute approximate surface area is 321 Å². The molecule has 0 N–H and O–H groups in total. The Hall–Kier alpha value is -7.23. The maximum Gasteiger partial charge on any atom is 0.160 e. The van der Waals surface area contributed by atoms with Gasteiger partial charge in [-0.2, -0.15) is 0 Å². The predicted molar refractivity (Wildman–Crippen MR) is 224 cm³/mol. The molecule has 7 aromatic carbocycles. The number of hydrogen-bond donors (Lipinski definition) is 0. The van der Waals surface area contributed by atoms with Gasteiger partial charge in [0.1, 0.15) is 0 Å². The molecule has 0 atom stereocenters. The second kappa shape index (κ2) is 13.6. The molecule has 2 aromatic heterocycles. The van der Waals surface area contributed by atoms with Crippen molar-refractivity contribution in [2.75, 3.05) is 0 Å². The highest BCUT2D eigenvalue weighted by molar-refractivity contribution is 5.88. The van der Waals surface area contributed by atoms with Gasteiger partial charge in [0, 0.05) is 29.1 Å². The van der Waals surface area contributed by atoms with Crippen LogP contribution in [0.25, 0.3) is 67.3 Å². The van der Waals surface area contributed by atoms with Crippen molar-refractivity contribution < 1.29 is 0 Å². The highest BCUT2D eigenvalue weighted by Crippen LogP contribution is 2.56. The summed E-state index contributed by atoms with van der Waals surface area (Å²) >= 11 is 0. The van der Waals surface area contributed by atoms with Crippen molar-refractivity contribution in [3.8, 4) is 67.3 Å². The third kappa shape index (κ3) is 5.65. The summed E-state index contributed by atoms with van der Waals surface area (Å²) in [6.07, 6.45) is 3.64. The van der Waals surface area contributed by atoms with E-state index in [0.29, 0.717) is 5.82 Å². The molecule has 1 aliphatic carbocycles. The van der Waals surface area contributed by atoms with Crippen molar-refractivity contribution in [2.45, 2.75) is 5.41 Å². The van der Waals surface area contributed by atoms with Crippen LogP contribution in [0.15, 0.2) is 213 Å². The van der Waals surface area contributed by atoms with Gasteiger partial charge in [-0.1, -0.05) is 176 Å². The third-order valence-electron chi connectivity index (χ3n) is 10.9. The molecule has 3 nitrogen and oxygen atoms in total. The van der Waals surface area contributed by atoms with Crippen LogP contribution in [0, 0.1) is 0 Å². The first-order valence-electron chi connectivity index (χ1n) is 18.7. The molecule has 55 heavy (non-hydrogen) atoms. The van der Waals surface area contributed by atoms with E-state index in [4.69, 9.17) is 9.97 Å². The van der Waals surface area contributed by atoms with Gasteiger partial charge in [-0.25, -0.2) is 9.97 Å². The largest absolute Gasteiger partial charge is 0.264 e. The van der Waals surface area contributed by atoms with Crippen LogP contribution in [0.3, 0.4) is 0 Å². The quantitative estimate of drug-likeness (QED) is 0.166. The van der Waals surface area contributed by atoms with Crippen LogP contribution >= 0.6 is 0 Å². The summed E-state index contributed by atoms with van der Waals surface area (Å²) in [5.74, 6) is 0.677. The molecule has 9 aromatic rings. The minimum Gasteiger partial charge on any atom is -0.264 e. The Bertz CT molecular complexity index is 2720. The molecular weight excluding hydrogens is 667 g/mol. The SMILES string of the molecule is c1ccc(-c2ccc(-c3nc(-c4ccc(-c5ccc6c(c5)C(c5ccccc5)(c5ccccc5)c5ccccc5-6)cc4)cc(-c4cccnc4)n3)cc2)cc1. The van der Waals surface area contributed by atoms with Gasteiger partial charge in [-0.15, -0.1) is 0 Å². The lowest BCUT2D eigenvalue weighted by Crippen LogP contribution is -2.28. The number of nitrogens with zero attached hydrogens (tertiary/aromatic N) is 3. The van der Waals surface area contributed by atoms with E-state index >= 15 is 0 Å². The number of benzene rings is 7. The molecule has 2 heterocycles. The van der Waals surface area contributed by atoms with Crippen LogP contribution in [0.4, 0.5) is 0 Å². The minimum absolute atomic E-state index is 0.441. The average Bonchev–Trinajstić information content (AvgIpc) is 3.58. The van der Waals surface area contributed by atoms with Gasteiger partial charge < -0.3 is 0 Å². The first-order valence-corrected chi connectivity index (χ1v) is 18.7. The molecule has 0 unspecified atom stereocenters. The molecule has 1 aliphatic rings. The maximum atomic E-state index is 5.13. The second-order valence-electron chi connectivity index (χ2n) is 14.0. The fourth-order valence-corrected chi connectivity index (χ4v) is 8.29. The Morgan fingerprint density at radius 3 is 1.47 bits per heavy atom. The topological polar surface area (TPSA) is 38.7 Å². The smallest absolute Gasteiger partial charge is 0.160 e. The van der Waals surface area contributed by atoms with Crippen molar-refractivity contribution in [2.24, 2.45) is 0 Å². The summed E-state index contributed by atoms with van der Waals surface area (Å²) in [6, 6.07) is 71.5. The molecule has 0 amide bonds. The summed E-state index contributed by atoms with van der Waals surface area (Å²) in [4.78, 5) is 14.5. The number of fused-ring (bicyclic) bond motifs is 3. The van der Waals surface area contributed by atoms with Crippen LogP contribution in [0.5, 0.6) is 0 Å². The van der Waals surface area contributed by atoms with E-state index in [9.17, 15) is 0 Å². The van der Waals surface area contributed by atoms with Crippen molar-refractivity contribution in [3.05, 3.63) is 235 Å². The number of hydrogen-bond acceptors (Lipinski definition) is 3. The van der Waals surface area contributed by atoms with E-state index in [1.807, 2.05) is 24.4 Å². The standard InChI is InChI=1S/C52H35N3/c1-4-13-36(14-5-1)37-24-28-40(29-25-37)51-54-49(34-50(55-51)42-15-12-32-53-35-42)39-26-22-38(23-27-39)41-30-31-46-45-20-10-11-21-47(45)52(48(46)33-41,43-16-6-2-7-17-43)44-18-8-3-9-19-44/h1-35H. The van der Waals surface area contributed by atoms with E-state index in [-0.39, 0.29) is 0 Å². The van der Waals surface area contributed by atoms with E-state index in [1.165, 1.54) is 44.5 Å². The third-order valence-corrected chi connectivity index (χ3v) is 10.9. The first-order chi connectivity index (χ1) is 27.3. The summed E-state index contributed by atoms with van der Waals surface area (Å²) < 4.78 is 0. The van der Waals surface area contributed by atoms with Crippen molar-refractivity contribution in [3.63, 3.8) is 0 Å². The summed E-state index contributed by atoms with van der Waals surface area (Å²) in [7, 11) is 0. The Balaban J connectivity index is 1.06. The minimum atomic E-state index is -0.441. The highest BCUT2D eigenvalue weighted by atomic mass is 14.9. The molecule has 0 bridgehead atoms. The number of aromatic nitrogens is 3. The van der Waals surface area contributed by atoms with Gasteiger partial charge in [0.05, 0.1) is 16.8 Å².